The first-order valence-corrected chi connectivity index (χ1v) is 10.8. The summed E-state index contributed by atoms with van der Waals surface area (Å²) in [6.07, 6.45) is 11.4. The number of benzene rings is 2. The first kappa shape index (κ1) is 20.0. The van der Waals surface area contributed by atoms with Crippen molar-refractivity contribution in [3.05, 3.63) is 90.7 Å². The zero-order chi connectivity index (χ0) is 21.3. The normalized spacial score (nSPS) is 15.6. The maximum atomic E-state index is 4.64. The van der Waals surface area contributed by atoms with Gasteiger partial charge in [-0.15, -0.1) is 0 Å². The molecule has 2 aromatic carbocycles. The Hall–Kier alpha value is -2.34. The van der Waals surface area contributed by atoms with Gasteiger partial charge in [0.05, 0.1) is 0 Å². The van der Waals surface area contributed by atoms with Gasteiger partial charge in [0.15, 0.2) is 0 Å². The van der Waals surface area contributed by atoms with E-state index in [1.54, 1.807) is 0 Å². The summed E-state index contributed by atoms with van der Waals surface area (Å²) in [6, 6.07) is 4.82. The van der Waals surface area contributed by atoms with Crippen LogP contribution in [-0.4, -0.2) is 0 Å². The van der Waals surface area contributed by atoms with Crippen LogP contribution in [0, 0.1) is 24.3 Å². The minimum Gasteiger partial charge on any atom is -0.0908 e. The van der Waals surface area contributed by atoms with Crippen molar-refractivity contribution in [3.63, 3.8) is 0 Å². The molecule has 29 heavy (non-hydrogen) atoms. The van der Waals surface area contributed by atoms with Crippen LogP contribution < -0.4 is 10.4 Å². The Morgan fingerprint density at radius 3 is 2.03 bits per heavy atom. The van der Waals surface area contributed by atoms with Crippen LogP contribution in [0.15, 0.2) is 36.4 Å². The summed E-state index contributed by atoms with van der Waals surface area (Å²) < 4.78 is 0. The summed E-state index contributed by atoms with van der Waals surface area (Å²) in [5.74, 6) is 0.346. The van der Waals surface area contributed by atoms with Crippen LogP contribution in [0.5, 0.6) is 0 Å². The molecule has 0 saturated heterocycles. The van der Waals surface area contributed by atoms with E-state index >= 15 is 0 Å². The molecule has 0 spiro atoms. The molecular formula is C29H34. The zero-order valence-electron chi connectivity index (χ0n) is 19.3. The highest BCUT2D eigenvalue weighted by Crippen LogP contribution is 2.36. The van der Waals surface area contributed by atoms with Crippen LogP contribution in [0.1, 0.15) is 80.8 Å². The Kier molecular flexibility index (Phi) is 4.35. The molecule has 0 aliphatic heterocycles. The minimum atomic E-state index is 0.0529. The van der Waals surface area contributed by atoms with Gasteiger partial charge in [-0.2, -0.15) is 0 Å². The first-order valence-electron chi connectivity index (χ1n) is 10.8. The second-order valence-electron chi connectivity index (χ2n) is 10.9. The predicted octanol–water partition coefficient (Wildman–Crippen LogP) is 5.95. The van der Waals surface area contributed by atoms with Crippen LogP contribution in [0.4, 0.5) is 0 Å². The van der Waals surface area contributed by atoms with E-state index in [4.69, 9.17) is 0 Å². The summed E-state index contributed by atoms with van der Waals surface area (Å²) in [5.41, 5.74) is 8.62. The molecule has 0 bridgehead atoms. The Bertz CT molecular complexity index is 1270. The summed E-state index contributed by atoms with van der Waals surface area (Å²) in [5, 5.41) is 5.26. The lowest BCUT2D eigenvalue weighted by molar-refractivity contribution is 0.579. The molecular weight excluding hydrogens is 348 g/mol. The molecule has 0 atom stereocenters. The second kappa shape index (κ2) is 6.33. The fourth-order valence-corrected chi connectivity index (χ4v) is 5.54. The van der Waals surface area contributed by atoms with Gasteiger partial charge in [0.25, 0.3) is 0 Å². The molecule has 0 unspecified atom stereocenters. The van der Waals surface area contributed by atoms with Crippen molar-refractivity contribution in [1.82, 2.24) is 0 Å². The molecule has 2 aliphatic carbocycles. The van der Waals surface area contributed by atoms with Crippen molar-refractivity contribution in [1.29, 1.82) is 0 Å². The topological polar surface area (TPSA) is 0 Å². The van der Waals surface area contributed by atoms with E-state index in [1.807, 2.05) is 0 Å². The van der Waals surface area contributed by atoms with Gasteiger partial charge >= 0.3 is 0 Å². The number of aryl methyl sites for hydroxylation is 1. The molecule has 2 aliphatic rings. The number of hydrogen-bond acceptors (Lipinski definition) is 0. The van der Waals surface area contributed by atoms with Crippen molar-refractivity contribution >= 4 is 12.7 Å². The van der Waals surface area contributed by atoms with Gasteiger partial charge in [-0.05, 0) is 91.1 Å². The fourth-order valence-electron chi connectivity index (χ4n) is 5.54. The summed E-state index contributed by atoms with van der Waals surface area (Å²) >= 11 is 0. The molecule has 0 radical (unpaired) electrons. The average molecular weight is 383 g/mol. The number of fused-ring (bicyclic) bond motifs is 2. The van der Waals surface area contributed by atoms with E-state index in [0.717, 1.165) is 0 Å². The van der Waals surface area contributed by atoms with Gasteiger partial charge < -0.3 is 0 Å². The molecule has 2 aromatic rings. The second-order valence-corrected chi connectivity index (χ2v) is 10.9. The maximum Gasteiger partial charge on any atom is 0.0213 e. The summed E-state index contributed by atoms with van der Waals surface area (Å²) in [4.78, 5) is 0. The van der Waals surface area contributed by atoms with Crippen molar-refractivity contribution in [2.45, 2.75) is 72.1 Å². The van der Waals surface area contributed by atoms with Gasteiger partial charge in [0, 0.05) is 5.92 Å². The third kappa shape index (κ3) is 3.05. The zero-order valence-corrected chi connectivity index (χ0v) is 19.3. The predicted molar refractivity (Wildman–Crippen MR) is 127 cm³/mol. The summed E-state index contributed by atoms with van der Waals surface area (Å²) in [7, 11) is 0. The maximum absolute atomic E-state index is 4.64. The minimum absolute atomic E-state index is 0.0529. The van der Waals surface area contributed by atoms with E-state index in [0.29, 0.717) is 5.92 Å². The summed E-state index contributed by atoms with van der Waals surface area (Å²) in [6.45, 7) is 23.1. The van der Waals surface area contributed by atoms with Crippen molar-refractivity contribution in [3.8, 4) is 0 Å². The van der Waals surface area contributed by atoms with E-state index in [2.05, 4.69) is 104 Å². The van der Waals surface area contributed by atoms with Crippen LogP contribution in [0.2, 0.25) is 0 Å². The highest BCUT2D eigenvalue weighted by atomic mass is 14.3. The molecule has 0 nitrogen and oxygen atoms in total. The van der Waals surface area contributed by atoms with Crippen LogP contribution in [-0.2, 0) is 10.8 Å². The third-order valence-electron chi connectivity index (χ3n) is 6.55. The third-order valence-corrected chi connectivity index (χ3v) is 6.55. The number of allylic oxidation sites excluding steroid dienone is 4. The van der Waals surface area contributed by atoms with E-state index in [9.17, 15) is 0 Å². The van der Waals surface area contributed by atoms with E-state index in [1.165, 1.54) is 54.3 Å². The van der Waals surface area contributed by atoms with Crippen molar-refractivity contribution < 1.29 is 0 Å². The van der Waals surface area contributed by atoms with E-state index < -0.39 is 0 Å². The molecule has 4 rings (SSSR count). The van der Waals surface area contributed by atoms with Crippen molar-refractivity contribution in [2.75, 3.05) is 0 Å². The fraction of sp³-hybridized carbons (Fsp3) is 0.379. The Labute approximate surface area is 175 Å². The molecule has 0 heteroatoms. The van der Waals surface area contributed by atoms with Gasteiger partial charge in [-0.25, -0.2) is 0 Å². The quantitative estimate of drug-likeness (QED) is 0.488. The smallest absolute Gasteiger partial charge is 0.0213 e. The Balaban J connectivity index is 2.26. The standard InChI is InChI=1S/C29H34/c1-17-14-21-15-23-25(20-12-10-11-13-20)18(2)27(29(7,8)9)19(3)26(23)22(21)16-24(17)28(4,5)6/h10-16,20H,3H2,1-2,4-9H3. The van der Waals surface area contributed by atoms with Crippen LogP contribution in [0.3, 0.4) is 0 Å². The molecule has 0 fully saturated rings. The Morgan fingerprint density at radius 1 is 0.862 bits per heavy atom. The van der Waals surface area contributed by atoms with E-state index in [-0.39, 0.29) is 10.8 Å². The average Bonchev–Trinajstić information content (AvgIpc) is 3.19. The molecule has 0 N–H and O–H groups in total. The molecule has 0 heterocycles. The van der Waals surface area contributed by atoms with Gasteiger partial charge in [-0.3, -0.25) is 0 Å². The largest absolute Gasteiger partial charge is 0.0908 e. The lowest BCUT2D eigenvalue weighted by Gasteiger charge is -2.27. The first-order chi connectivity index (χ1) is 13.4. The Morgan fingerprint density at radius 2 is 1.48 bits per heavy atom. The van der Waals surface area contributed by atoms with Crippen molar-refractivity contribution in [2.24, 2.45) is 0 Å². The number of rotatable bonds is 1. The molecule has 0 aromatic heterocycles. The lowest BCUT2D eigenvalue weighted by atomic mass is 9.77. The highest BCUT2D eigenvalue weighted by molar-refractivity contribution is 5.67. The SMILES string of the molecule is C=c1c(C(C)(C)C)c(C)c(C2C=CC=C2)c2c1=c1cc(C(C)(C)C)c(C)cc1=C2. The van der Waals surface area contributed by atoms with Crippen LogP contribution in [0.25, 0.3) is 12.7 Å². The lowest BCUT2D eigenvalue weighted by Crippen LogP contribution is -2.27. The monoisotopic (exact) mass is 382 g/mol. The molecule has 0 amide bonds. The van der Waals surface area contributed by atoms with Crippen LogP contribution >= 0.6 is 0 Å². The molecule has 0 saturated carbocycles. The van der Waals surface area contributed by atoms with Gasteiger partial charge in [0.1, 0.15) is 0 Å². The molecule has 150 valence electrons. The van der Waals surface area contributed by atoms with Gasteiger partial charge in [-0.1, -0.05) is 78.5 Å². The van der Waals surface area contributed by atoms with Gasteiger partial charge in [0.2, 0.25) is 0 Å². The highest BCUT2D eigenvalue weighted by Gasteiger charge is 2.27. The number of hydrogen-bond donors (Lipinski definition) is 0.